The Balaban J connectivity index is 1.13. The number of rotatable bonds is 7. The maximum Gasteiger partial charge on any atom is 0.0997 e. The summed E-state index contributed by atoms with van der Waals surface area (Å²) in [6.07, 6.45) is 11.5. The van der Waals surface area contributed by atoms with Crippen LogP contribution < -0.4 is 0 Å². The first-order chi connectivity index (χ1) is 18.2. The molecule has 190 valence electrons. The quantitative estimate of drug-likeness (QED) is 0.320. The topological polar surface area (TPSA) is 60.4 Å². The van der Waals surface area contributed by atoms with Crippen molar-refractivity contribution >= 4 is 33.7 Å². The lowest BCUT2D eigenvalue weighted by atomic mass is 9.96. The zero-order chi connectivity index (χ0) is 25.2. The van der Waals surface area contributed by atoms with Crippen molar-refractivity contribution in [3.05, 3.63) is 76.6 Å². The lowest BCUT2D eigenvalue weighted by Gasteiger charge is -2.37. The van der Waals surface area contributed by atoms with Crippen LogP contribution in [0.25, 0.3) is 27.4 Å². The third kappa shape index (κ3) is 4.98. The summed E-state index contributed by atoms with van der Waals surface area (Å²) in [5, 5.41) is 18.9. The highest BCUT2D eigenvalue weighted by atomic mass is 32.1. The number of H-pyrrole nitrogens is 1. The van der Waals surface area contributed by atoms with Crippen molar-refractivity contribution in [2.75, 3.05) is 19.6 Å². The molecule has 0 amide bonds. The average molecular weight is 511 g/mol. The Morgan fingerprint density at radius 3 is 2.89 bits per heavy atom. The van der Waals surface area contributed by atoms with E-state index in [1.165, 1.54) is 51.9 Å². The number of nitrogens with zero attached hydrogens (tertiary/aromatic N) is 5. The van der Waals surface area contributed by atoms with Gasteiger partial charge in [-0.2, -0.15) is 10.2 Å². The van der Waals surface area contributed by atoms with E-state index in [1.807, 2.05) is 35.9 Å². The Labute approximate surface area is 222 Å². The average Bonchev–Trinajstić information content (AvgIpc) is 3.69. The Kier molecular flexibility index (Phi) is 6.89. The van der Waals surface area contributed by atoms with Crippen LogP contribution in [0.2, 0.25) is 0 Å². The van der Waals surface area contributed by atoms with Crippen molar-refractivity contribution in [2.45, 2.75) is 45.7 Å². The van der Waals surface area contributed by atoms with Crippen LogP contribution in [0, 0.1) is 5.92 Å². The predicted octanol–water partition coefficient (Wildman–Crippen LogP) is 6.23. The zero-order valence-electron chi connectivity index (χ0n) is 21.6. The number of likely N-dealkylation sites (tertiary alicyclic amines) is 1. The highest BCUT2D eigenvalue weighted by molar-refractivity contribution is 7.17. The number of benzene rings is 1. The number of aryl methyl sites for hydroxylation is 1. The molecule has 4 aromatic rings. The second kappa shape index (κ2) is 10.6. The molecule has 0 bridgehead atoms. The van der Waals surface area contributed by atoms with Gasteiger partial charge in [-0.3, -0.25) is 20.0 Å². The molecular weight excluding hydrogens is 476 g/mol. The first-order valence-electron chi connectivity index (χ1n) is 13.3. The molecule has 2 atom stereocenters. The molecule has 37 heavy (non-hydrogen) atoms. The summed E-state index contributed by atoms with van der Waals surface area (Å²) in [6, 6.07) is 13.3. The number of pyridine rings is 1. The Morgan fingerprint density at radius 1 is 1.16 bits per heavy atom. The SMILES string of the molecule is CCc1[nH]nc(-c2ccncc2)c1/C=C(\C)C1C=NN(C2CCCN(Cc3csc4ccccc34)C2)C1. The minimum absolute atomic E-state index is 0.320. The number of piperidine rings is 1. The summed E-state index contributed by atoms with van der Waals surface area (Å²) < 4.78 is 1.39. The van der Waals surface area contributed by atoms with E-state index in [0.717, 1.165) is 37.3 Å². The van der Waals surface area contributed by atoms with Gasteiger partial charge in [-0.05, 0) is 67.3 Å². The van der Waals surface area contributed by atoms with Crippen LogP contribution in [0.1, 0.15) is 43.5 Å². The third-order valence-electron chi connectivity index (χ3n) is 7.78. The van der Waals surface area contributed by atoms with E-state index in [-0.39, 0.29) is 0 Å². The minimum atomic E-state index is 0.320. The van der Waals surface area contributed by atoms with Crippen LogP contribution in [0.4, 0.5) is 0 Å². The van der Waals surface area contributed by atoms with Gasteiger partial charge in [0.1, 0.15) is 0 Å². The van der Waals surface area contributed by atoms with Gasteiger partial charge >= 0.3 is 0 Å². The first kappa shape index (κ1) is 24.1. The van der Waals surface area contributed by atoms with Gasteiger partial charge < -0.3 is 0 Å². The Morgan fingerprint density at radius 2 is 2.03 bits per heavy atom. The highest BCUT2D eigenvalue weighted by Crippen LogP contribution is 2.31. The van der Waals surface area contributed by atoms with Gasteiger partial charge in [-0.15, -0.1) is 11.3 Å². The second-order valence-electron chi connectivity index (χ2n) is 10.2. The number of aromatic nitrogens is 3. The molecule has 2 aliphatic heterocycles. The van der Waals surface area contributed by atoms with Crippen molar-refractivity contribution in [2.24, 2.45) is 11.0 Å². The lowest BCUT2D eigenvalue weighted by molar-refractivity contribution is 0.101. The smallest absolute Gasteiger partial charge is 0.0997 e. The zero-order valence-corrected chi connectivity index (χ0v) is 22.4. The van der Waals surface area contributed by atoms with Crippen molar-refractivity contribution in [1.29, 1.82) is 0 Å². The molecule has 1 fully saturated rings. The summed E-state index contributed by atoms with van der Waals surface area (Å²) in [7, 11) is 0. The van der Waals surface area contributed by atoms with Crippen molar-refractivity contribution < 1.29 is 0 Å². The number of hydrogen-bond acceptors (Lipinski definition) is 6. The maximum atomic E-state index is 4.91. The van der Waals surface area contributed by atoms with Crippen LogP contribution >= 0.6 is 11.3 Å². The Bertz CT molecular complexity index is 1420. The van der Waals surface area contributed by atoms with E-state index in [0.29, 0.717) is 12.0 Å². The molecule has 0 spiro atoms. The fourth-order valence-corrected chi connectivity index (χ4v) is 6.61. The number of nitrogens with one attached hydrogen (secondary N) is 1. The number of fused-ring (bicyclic) bond motifs is 1. The molecule has 0 aliphatic carbocycles. The van der Waals surface area contributed by atoms with Crippen LogP contribution in [0.5, 0.6) is 0 Å². The molecule has 7 heteroatoms. The molecule has 1 aromatic carbocycles. The Hall–Kier alpha value is -3.29. The molecule has 3 aromatic heterocycles. The second-order valence-corrected chi connectivity index (χ2v) is 11.1. The fourth-order valence-electron chi connectivity index (χ4n) is 5.66. The van der Waals surface area contributed by atoms with Gasteiger partial charge in [0.15, 0.2) is 0 Å². The number of hydrazone groups is 1. The number of thiophene rings is 1. The third-order valence-corrected chi connectivity index (χ3v) is 8.80. The van der Waals surface area contributed by atoms with Crippen LogP contribution in [-0.2, 0) is 13.0 Å². The largest absolute Gasteiger partial charge is 0.297 e. The molecule has 5 heterocycles. The van der Waals surface area contributed by atoms with Crippen LogP contribution in [0.15, 0.2) is 64.8 Å². The van der Waals surface area contributed by atoms with Crippen molar-refractivity contribution in [3.63, 3.8) is 0 Å². The molecule has 6 rings (SSSR count). The van der Waals surface area contributed by atoms with E-state index < -0.39 is 0 Å². The summed E-state index contributed by atoms with van der Waals surface area (Å²) >= 11 is 1.86. The number of aromatic amines is 1. The minimum Gasteiger partial charge on any atom is -0.297 e. The van der Waals surface area contributed by atoms with Gasteiger partial charge in [0, 0.05) is 65.7 Å². The van der Waals surface area contributed by atoms with Gasteiger partial charge in [0.2, 0.25) is 0 Å². The van der Waals surface area contributed by atoms with Crippen LogP contribution in [0.3, 0.4) is 0 Å². The normalized spacial score (nSPS) is 20.8. The van der Waals surface area contributed by atoms with Gasteiger partial charge in [-0.1, -0.05) is 36.8 Å². The van der Waals surface area contributed by atoms with E-state index in [1.54, 1.807) is 0 Å². The molecule has 2 aliphatic rings. The molecule has 2 unspecified atom stereocenters. The monoisotopic (exact) mass is 510 g/mol. The molecule has 0 radical (unpaired) electrons. The van der Waals surface area contributed by atoms with Crippen molar-refractivity contribution in [1.82, 2.24) is 25.1 Å². The van der Waals surface area contributed by atoms with E-state index in [4.69, 9.17) is 5.10 Å². The lowest BCUT2D eigenvalue weighted by Crippen LogP contribution is -2.45. The van der Waals surface area contributed by atoms with E-state index in [9.17, 15) is 0 Å². The van der Waals surface area contributed by atoms with E-state index in [2.05, 4.69) is 80.9 Å². The summed E-state index contributed by atoms with van der Waals surface area (Å²) in [4.78, 5) is 6.78. The van der Waals surface area contributed by atoms with Gasteiger partial charge in [-0.25, -0.2) is 0 Å². The van der Waals surface area contributed by atoms with Gasteiger partial charge in [0.25, 0.3) is 0 Å². The standard InChI is InChI=1S/C30H34N6S/c1-3-28-27(30(34-33-28)22-10-12-31-13-11-22)15-21(2)23-16-32-36(18-23)25-7-6-14-35(19-25)17-24-20-37-29-9-5-4-8-26(24)29/h4-5,8-13,15-16,20,23,25H,3,6-7,14,17-19H2,1-2H3,(H,33,34)/b21-15+. The van der Waals surface area contributed by atoms with E-state index >= 15 is 0 Å². The highest BCUT2D eigenvalue weighted by Gasteiger charge is 2.30. The summed E-state index contributed by atoms with van der Waals surface area (Å²) in [6.45, 7) is 8.62. The van der Waals surface area contributed by atoms with Crippen molar-refractivity contribution in [3.8, 4) is 11.3 Å². The molecule has 1 N–H and O–H groups in total. The fraction of sp³-hybridized carbons (Fsp3) is 0.367. The van der Waals surface area contributed by atoms with Gasteiger partial charge in [0.05, 0.1) is 11.7 Å². The summed E-state index contributed by atoms with van der Waals surface area (Å²) in [5.74, 6) is 0.320. The predicted molar refractivity (Wildman–Crippen MR) is 154 cm³/mol. The summed E-state index contributed by atoms with van der Waals surface area (Å²) in [5.41, 5.74) is 7.23. The molecule has 1 saturated heterocycles. The molecular formula is C30H34N6S. The maximum absolute atomic E-state index is 4.91. The van der Waals surface area contributed by atoms with Crippen LogP contribution in [-0.4, -0.2) is 57.0 Å². The molecule has 6 nitrogen and oxygen atoms in total. The number of hydrogen-bond donors (Lipinski definition) is 1. The first-order valence-corrected chi connectivity index (χ1v) is 14.2. The molecule has 0 saturated carbocycles.